The van der Waals surface area contributed by atoms with Crippen LogP contribution in [0.15, 0.2) is 72.8 Å². The third-order valence-electron chi connectivity index (χ3n) is 5.82. The summed E-state index contributed by atoms with van der Waals surface area (Å²) < 4.78 is 13.2. The van der Waals surface area contributed by atoms with Gasteiger partial charge in [-0.25, -0.2) is 9.18 Å². The highest BCUT2D eigenvalue weighted by molar-refractivity contribution is 5.96. The number of rotatable bonds is 7. The van der Waals surface area contributed by atoms with Gasteiger partial charge in [-0.3, -0.25) is 4.90 Å². The van der Waals surface area contributed by atoms with Gasteiger partial charge in [0.05, 0.1) is 24.8 Å². The summed E-state index contributed by atoms with van der Waals surface area (Å²) in [6.07, 6.45) is -0.0470. The molecule has 0 aromatic heterocycles. The van der Waals surface area contributed by atoms with Gasteiger partial charge in [-0.1, -0.05) is 42.5 Å². The normalized spacial score (nSPS) is 19.1. The van der Waals surface area contributed by atoms with Crippen molar-refractivity contribution in [3.63, 3.8) is 0 Å². The maximum Gasteiger partial charge on any atom is 0.322 e. The van der Waals surface area contributed by atoms with Crippen LogP contribution in [0.3, 0.4) is 0 Å². The number of hydrogen-bond acceptors (Lipinski definition) is 4. The fraction of sp³-hybridized carbons (Fsp3) is 0.240. The molecule has 3 aromatic carbocycles. The minimum atomic E-state index is -0.815. The van der Waals surface area contributed by atoms with Crippen molar-refractivity contribution >= 4 is 11.7 Å². The van der Waals surface area contributed by atoms with Crippen LogP contribution in [0.25, 0.3) is 0 Å². The lowest BCUT2D eigenvalue weighted by Gasteiger charge is -2.28. The lowest BCUT2D eigenvalue weighted by atomic mass is 9.92. The first-order valence-electron chi connectivity index (χ1n) is 10.5. The SMILES string of the molecule is O=C1N[C@@H](CC[C@H](O)c2ccc(F)cc2)[C@@H](c2ccc(CO)cc2O)N1c1ccccc1. The maximum absolute atomic E-state index is 13.2. The van der Waals surface area contributed by atoms with Gasteiger partial charge in [-0.2, -0.15) is 0 Å². The van der Waals surface area contributed by atoms with Gasteiger partial charge in [-0.15, -0.1) is 0 Å². The van der Waals surface area contributed by atoms with Gasteiger partial charge >= 0.3 is 6.03 Å². The molecule has 1 aliphatic heterocycles. The Morgan fingerprint density at radius 2 is 1.75 bits per heavy atom. The number of aromatic hydroxyl groups is 1. The second-order valence-electron chi connectivity index (χ2n) is 7.90. The van der Waals surface area contributed by atoms with Crippen molar-refractivity contribution in [3.8, 4) is 5.75 Å². The molecule has 2 amide bonds. The molecule has 7 heteroatoms. The molecule has 3 aromatic rings. The van der Waals surface area contributed by atoms with Crippen LogP contribution in [0.4, 0.5) is 14.9 Å². The predicted molar refractivity (Wildman–Crippen MR) is 119 cm³/mol. The molecule has 3 atom stereocenters. The number of nitrogens with one attached hydrogen (secondary N) is 1. The molecule has 0 bridgehead atoms. The zero-order valence-electron chi connectivity index (χ0n) is 17.4. The molecule has 4 N–H and O–H groups in total. The number of amides is 2. The summed E-state index contributed by atoms with van der Waals surface area (Å²) in [5.74, 6) is -0.382. The molecule has 0 spiro atoms. The Bertz CT molecular complexity index is 1080. The molecule has 1 aliphatic rings. The summed E-state index contributed by atoms with van der Waals surface area (Å²) in [4.78, 5) is 14.5. The zero-order chi connectivity index (χ0) is 22.7. The molecule has 0 radical (unpaired) electrons. The third-order valence-corrected chi connectivity index (χ3v) is 5.82. The van der Waals surface area contributed by atoms with Crippen molar-refractivity contribution < 1.29 is 24.5 Å². The van der Waals surface area contributed by atoms with Gasteiger partial charge in [0.2, 0.25) is 0 Å². The van der Waals surface area contributed by atoms with E-state index in [9.17, 15) is 24.5 Å². The lowest BCUT2D eigenvalue weighted by molar-refractivity contribution is 0.159. The number of carbonyl (C=O) groups excluding carboxylic acids is 1. The quantitative estimate of drug-likeness (QED) is 0.447. The van der Waals surface area contributed by atoms with Gasteiger partial charge in [0.1, 0.15) is 11.6 Å². The smallest absolute Gasteiger partial charge is 0.322 e. The van der Waals surface area contributed by atoms with E-state index in [0.717, 1.165) is 0 Å². The molecule has 166 valence electrons. The average molecular weight is 436 g/mol. The highest BCUT2D eigenvalue weighted by Crippen LogP contribution is 2.40. The molecule has 6 nitrogen and oxygen atoms in total. The Morgan fingerprint density at radius 1 is 1.03 bits per heavy atom. The van der Waals surface area contributed by atoms with E-state index >= 15 is 0 Å². The van der Waals surface area contributed by atoms with E-state index in [2.05, 4.69) is 5.32 Å². The van der Waals surface area contributed by atoms with Gasteiger partial charge in [0.15, 0.2) is 0 Å². The number of benzene rings is 3. The number of nitrogens with zero attached hydrogens (tertiary/aromatic N) is 1. The molecule has 0 unspecified atom stereocenters. The zero-order valence-corrected chi connectivity index (χ0v) is 17.4. The molecule has 1 heterocycles. The van der Waals surface area contributed by atoms with Crippen LogP contribution in [0, 0.1) is 5.82 Å². The first kappa shape index (κ1) is 21.8. The van der Waals surface area contributed by atoms with E-state index in [-0.39, 0.29) is 30.2 Å². The molecule has 1 saturated heterocycles. The summed E-state index contributed by atoms with van der Waals surface area (Å²) >= 11 is 0. The van der Waals surface area contributed by atoms with Crippen LogP contribution in [0.2, 0.25) is 0 Å². The first-order valence-corrected chi connectivity index (χ1v) is 10.5. The molecule has 32 heavy (non-hydrogen) atoms. The van der Waals surface area contributed by atoms with E-state index in [1.54, 1.807) is 29.2 Å². The Kier molecular flexibility index (Phi) is 6.39. The van der Waals surface area contributed by atoms with E-state index in [4.69, 9.17) is 0 Å². The molecular weight excluding hydrogens is 411 g/mol. The summed E-state index contributed by atoms with van der Waals surface area (Å²) in [6, 6.07) is 18.6. The minimum absolute atomic E-state index is 0.0111. The van der Waals surface area contributed by atoms with Crippen LogP contribution in [0.1, 0.15) is 41.7 Å². The number of phenols is 1. The van der Waals surface area contributed by atoms with Crippen LogP contribution < -0.4 is 10.2 Å². The summed E-state index contributed by atoms with van der Waals surface area (Å²) in [7, 11) is 0. The second-order valence-corrected chi connectivity index (χ2v) is 7.90. The average Bonchev–Trinajstić information content (AvgIpc) is 3.14. The van der Waals surface area contributed by atoms with E-state index in [0.29, 0.717) is 35.2 Å². The van der Waals surface area contributed by atoms with Crippen molar-refractivity contribution in [3.05, 3.63) is 95.3 Å². The Morgan fingerprint density at radius 3 is 2.41 bits per heavy atom. The van der Waals surface area contributed by atoms with Crippen LogP contribution in [0.5, 0.6) is 5.75 Å². The third kappa shape index (κ3) is 4.44. The number of aliphatic hydroxyl groups excluding tert-OH is 2. The van der Waals surface area contributed by atoms with E-state index < -0.39 is 12.1 Å². The van der Waals surface area contributed by atoms with E-state index in [1.807, 2.05) is 30.3 Å². The second kappa shape index (κ2) is 9.38. The van der Waals surface area contributed by atoms with Crippen molar-refractivity contribution in [1.29, 1.82) is 0 Å². The minimum Gasteiger partial charge on any atom is -0.508 e. The predicted octanol–water partition coefficient (Wildman–Crippen LogP) is 4.18. The van der Waals surface area contributed by atoms with E-state index in [1.165, 1.54) is 18.2 Å². The van der Waals surface area contributed by atoms with Crippen molar-refractivity contribution in [2.75, 3.05) is 4.90 Å². The van der Waals surface area contributed by atoms with Gasteiger partial charge in [0, 0.05) is 11.3 Å². The van der Waals surface area contributed by atoms with Gasteiger partial charge < -0.3 is 20.6 Å². The first-order chi connectivity index (χ1) is 15.5. The van der Waals surface area contributed by atoms with Crippen molar-refractivity contribution in [1.82, 2.24) is 5.32 Å². The summed E-state index contributed by atoms with van der Waals surface area (Å²) in [5, 5.41) is 33.6. The number of aliphatic hydroxyl groups is 2. The lowest BCUT2D eigenvalue weighted by Crippen LogP contribution is -2.29. The Balaban J connectivity index is 1.63. The number of hydrogen-bond donors (Lipinski definition) is 4. The highest BCUT2D eigenvalue weighted by atomic mass is 19.1. The summed E-state index contributed by atoms with van der Waals surface area (Å²) in [5.41, 5.74) is 2.40. The fourth-order valence-electron chi connectivity index (χ4n) is 4.19. The van der Waals surface area contributed by atoms with Crippen LogP contribution >= 0.6 is 0 Å². The number of anilines is 1. The molecule has 1 fully saturated rings. The Labute approximate surface area is 185 Å². The number of phenolic OH excluding ortho intramolecular Hbond substituents is 1. The van der Waals surface area contributed by atoms with Crippen LogP contribution in [-0.2, 0) is 6.61 Å². The standard InChI is InChI=1S/C25H25FN2O4/c26-18-9-7-17(8-10-18)22(30)13-12-21-24(20-11-6-16(15-29)14-23(20)31)28(25(32)27-21)19-4-2-1-3-5-19/h1-11,14,21-22,24,29-31H,12-13,15H2,(H,27,32)/t21-,22-,24+/m0/s1. The maximum atomic E-state index is 13.2. The highest BCUT2D eigenvalue weighted by Gasteiger charge is 2.42. The molecule has 0 aliphatic carbocycles. The summed E-state index contributed by atoms with van der Waals surface area (Å²) in [6.45, 7) is -0.203. The van der Waals surface area contributed by atoms with Crippen molar-refractivity contribution in [2.24, 2.45) is 0 Å². The number of para-hydroxylation sites is 1. The van der Waals surface area contributed by atoms with Gasteiger partial charge in [0.25, 0.3) is 0 Å². The molecule has 0 saturated carbocycles. The fourth-order valence-corrected chi connectivity index (χ4v) is 4.19. The number of halogens is 1. The monoisotopic (exact) mass is 436 g/mol. The Hall–Kier alpha value is -3.42. The molecular formula is C25H25FN2O4. The van der Waals surface area contributed by atoms with Crippen molar-refractivity contribution in [2.45, 2.75) is 37.6 Å². The number of urea groups is 1. The molecule has 4 rings (SSSR count). The topological polar surface area (TPSA) is 93.0 Å². The van der Waals surface area contributed by atoms with Crippen LogP contribution in [-0.4, -0.2) is 27.4 Å². The van der Waals surface area contributed by atoms with Gasteiger partial charge in [-0.05, 0) is 54.3 Å². The number of carbonyl (C=O) groups is 1. The largest absolute Gasteiger partial charge is 0.508 e.